The van der Waals surface area contributed by atoms with E-state index in [0.717, 1.165) is 88.7 Å². The van der Waals surface area contributed by atoms with Gasteiger partial charge in [-0.1, -0.05) is 93.7 Å². The minimum absolute atomic E-state index is 0.116. The Morgan fingerprint density at radius 2 is 1.43 bits per heavy atom. The number of morpholine rings is 1. The number of hydrogen-bond donors (Lipinski definition) is 2. The average molecular weight is 914 g/mol. The lowest BCUT2D eigenvalue weighted by Crippen LogP contribution is -2.46. The quantitative estimate of drug-likeness (QED) is 0.0768. The number of rotatable bonds is 22. The van der Waals surface area contributed by atoms with Crippen LogP contribution in [0.15, 0.2) is 122 Å². The number of carbonyl (C=O) groups excluding carboxylic acids is 3. The van der Waals surface area contributed by atoms with Crippen molar-refractivity contribution >= 4 is 34.2 Å². The molecule has 67 heavy (non-hydrogen) atoms. The lowest BCUT2D eigenvalue weighted by atomic mass is 9.81. The van der Waals surface area contributed by atoms with Gasteiger partial charge >= 0.3 is 0 Å². The largest absolute Gasteiger partial charge is 0.494 e. The number of amides is 3. The van der Waals surface area contributed by atoms with Crippen molar-refractivity contribution in [1.29, 1.82) is 0 Å². The number of likely N-dealkylation sites (tertiary alicyclic amines) is 1. The van der Waals surface area contributed by atoms with Crippen LogP contribution in [0.3, 0.4) is 0 Å². The predicted molar refractivity (Wildman–Crippen MR) is 269 cm³/mol. The topological polar surface area (TPSA) is 107 Å². The van der Waals surface area contributed by atoms with Crippen LogP contribution in [-0.4, -0.2) is 103 Å². The van der Waals surface area contributed by atoms with Crippen molar-refractivity contribution in [3.05, 3.63) is 144 Å². The fourth-order valence-corrected chi connectivity index (χ4v) is 8.85. The maximum absolute atomic E-state index is 14.5. The maximum Gasteiger partial charge on any atom is 0.257 e. The van der Waals surface area contributed by atoms with E-state index in [4.69, 9.17) is 9.47 Å². The molecule has 0 radical (unpaired) electrons. The van der Waals surface area contributed by atoms with Gasteiger partial charge in [0, 0.05) is 79.8 Å². The molecule has 3 amide bonds. The summed E-state index contributed by atoms with van der Waals surface area (Å²) >= 11 is 0. The smallest absolute Gasteiger partial charge is 0.257 e. The first-order chi connectivity index (χ1) is 32.6. The van der Waals surface area contributed by atoms with Gasteiger partial charge in [-0.05, 0) is 112 Å². The zero-order chi connectivity index (χ0) is 47.3. The van der Waals surface area contributed by atoms with Crippen molar-refractivity contribution in [2.24, 2.45) is 0 Å². The highest BCUT2D eigenvalue weighted by molar-refractivity contribution is 6.21. The van der Waals surface area contributed by atoms with E-state index in [1.165, 1.54) is 12.1 Å². The third-order valence-electron chi connectivity index (χ3n) is 12.5. The molecular formula is C56H72FN5O5. The van der Waals surface area contributed by atoms with E-state index in [-0.39, 0.29) is 29.6 Å². The van der Waals surface area contributed by atoms with Crippen molar-refractivity contribution in [2.75, 3.05) is 59.1 Å². The third kappa shape index (κ3) is 15.6. The van der Waals surface area contributed by atoms with Crippen LogP contribution >= 0.6 is 0 Å². The number of piperidine rings is 1. The first-order valence-corrected chi connectivity index (χ1v) is 24.5. The second-order valence-electron chi connectivity index (χ2n) is 18.2. The number of fused-ring (bicyclic) bond motifs is 3. The molecule has 6 rings (SSSR count). The molecule has 0 atom stereocenters. The van der Waals surface area contributed by atoms with E-state index < -0.39 is 5.41 Å². The lowest BCUT2D eigenvalue weighted by Gasteiger charge is -2.32. The van der Waals surface area contributed by atoms with E-state index in [1.807, 2.05) is 30.9 Å². The molecule has 2 N–H and O–H groups in total. The molecular weight excluding hydrogens is 842 g/mol. The van der Waals surface area contributed by atoms with Gasteiger partial charge < -0.3 is 29.6 Å². The third-order valence-corrected chi connectivity index (χ3v) is 12.5. The summed E-state index contributed by atoms with van der Waals surface area (Å²) in [4.78, 5) is 51.0. The molecule has 0 spiro atoms. The molecule has 3 aromatic rings. The first-order valence-electron chi connectivity index (χ1n) is 24.5. The molecule has 2 aromatic carbocycles. The number of benzene rings is 2. The van der Waals surface area contributed by atoms with E-state index in [0.29, 0.717) is 80.0 Å². The van der Waals surface area contributed by atoms with Crippen LogP contribution in [0.1, 0.15) is 113 Å². The Labute approximate surface area is 398 Å². The predicted octanol–water partition coefficient (Wildman–Crippen LogP) is 10.8. The second-order valence-corrected chi connectivity index (χ2v) is 18.2. The lowest BCUT2D eigenvalue weighted by molar-refractivity contribution is -0.132. The number of nitrogens with zero attached hydrogens (tertiary/aromatic N) is 3. The number of H-pyrrole nitrogens is 1. The highest BCUT2D eigenvalue weighted by Crippen LogP contribution is 2.41. The summed E-state index contributed by atoms with van der Waals surface area (Å²) in [7, 11) is 0. The molecule has 0 bridgehead atoms. The molecule has 3 aliphatic heterocycles. The Morgan fingerprint density at radius 3 is 2.06 bits per heavy atom. The highest BCUT2D eigenvalue weighted by atomic mass is 19.1. The van der Waals surface area contributed by atoms with Gasteiger partial charge in [0.2, 0.25) is 5.91 Å². The number of nitrogens with one attached hydrogen (secondary N) is 2. The Hall–Kier alpha value is -5.78. The van der Waals surface area contributed by atoms with Crippen LogP contribution < -0.4 is 10.1 Å². The number of aromatic nitrogens is 1. The summed E-state index contributed by atoms with van der Waals surface area (Å²) in [6.45, 7) is 12.6. The molecule has 2 fully saturated rings. The molecule has 0 aliphatic carbocycles. The minimum atomic E-state index is -0.611. The monoisotopic (exact) mass is 914 g/mol. The van der Waals surface area contributed by atoms with Crippen LogP contribution in [0.2, 0.25) is 0 Å². The van der Waals surface area contributed by atoms with Crippen molar-refractivity contribution in [3.8, 4) is 5.75 Å². The zero-order valence-corrected chi connectivity index (χ0v) is 40.0. The molecule has 4 heterocycles. The van der Waals surface area contributed by atoms with Crippen molar-refractivity contribution < 1.29 is 28.2 Å². The van der Waals surface area contributed by atoms with Crippen LogP contribution in [-0.2, 0) is 19.7 Å². The molecule has 0 unspecified atom stereocenters. The van der Waals surface area contributed by atoms with E-state index in [9.17, 15) is 18.8 Å². The average Bonchev–Trinajstić information content (AvgIpc) is 3.67. The number of halogens is 1. The molecule has 0 saturated carbocycles. The highest BCUT2D eigenvalue weighted by Gasteiger charge is 2.38. The summed E-state index contributed by atoms with van der Waals surface area (Å²) in [5.41, 5.74) is 2.18. The van der Waals surface area contributed by atoms with E-state index in [2.05, 4.69) is 95.0 Å². The zero-order valence-electron chi connectivity index (χ0n) is 40.0. The van der Waals surface area contributed by atoms with Crippen LogP contribution in [0.4, 0.5) is 4.39 Å². The summed E-state index contributed by atoms with van der Waals surface area (Å²) in [6, 6.07) is 11.6. The summed E-state index contributed by atoms with van der Waals surface area (Å²) in [5, 5.41) is 4.03. The molecule has 1 aromatic heterocycles. The van der Waals surface area contributed by atoms with Crippen LogP contribution in [0.25, 0.3) is 16.5 Å². The minimum Gasteiger partial charge on any atom is -0.494 e. The van der Waals surface area contributed by atoms with Gasteiger partial charge in [-0.2, -0.15) is 0 Å². The van der Waals surface area contributed by atoms with Crippen molar-refractivity contribution in [2.45, 2.75) is 103 Å². The SMILES string of the molecule is CC/C=C\C/C=C\C/C=C\C/C=C\C/C=C\C/C=C\CCC(=O)N1CCC(NC(=O)C2=CN(C(=O)c3ccc(OCCCN4CCOCC4)cc3)CC(C)(C)c3c2[nH]c2cc(F)ccc32)CC1. The molecule has 10 nitrogen and oxygen atoms in total. The summed E-state index contributed by atoms with van der Waals surface area (Å²) in [5.74, 6) is -0.139. The summed E-state index contributed by atoms with van der Waals surface area (Å²) in [6.07, 6.45) is 36.7. The molecule has 2 saturated heterocycles. The molecule has 358 valence electrons. The van der Waals surface area contributed by atoms with Crippen LogP contribution in [0, 0.1) is 5.82 Å². The standard InChI is InChI=1S/C56H72FN5O5/c1-4-5-6-7-8-9-10-11-12-13-14-15-16-17-18-19-20-21-22-24-51(63)61-34-31-46(32-35-61)58-54(64)49-42-62(43-56(2,3)52-48-30-27-45(57)41-50(48)59-53(49)52)55(65)44-25-28-47(29-26-44)67-38-23-33-60-36-39-66-40-37-60/h5-6,8-9,11-12,14-15,17-18,20-21,25-30,41-42,46,59H,4,7,10,13,16,19,22-24,31-40,43H2,1-3H3,(H,58,64)/b6-5-,9-8-,12-11-,15-14-,18-17-,21-20-. The number of allylic oxidation sites excluding steroid dienone is 12. The Kier molecular flexibility index (Phi) is 20.0. The number of aromatic amines is 1. The van der Waals surface area contributed by atoms with Crippen molar-refractivity contribution in [3.63, 3.8) is 0 Å². The van der Waals surface area contributed by atoms with E-state index in [1.54, 1.807) is 29.3 Å². The Balaban J connectivity index is 0.976. The van der Waals surface area contributed by atoms with Gasteiger partial charge in [0.15, 0.2) is 0 Å². The number of ether oxygens (including phenoxy) is 2. The number of hydrogen-bond acceptors (Lipinski definition) is 6. The van der Waals surface area contributed by atoms with Gasteiger partial charge in [-0.15, -0.1) is 0 Å². The molecule has 11 heteroatoms. The van der Waals surface area contributed by atoms with Gasteiger partial charge in [-0.3, -0.25) is 19.3 Å². The Morgan fingerprint density at radius 1 is 0.821 bits per heavy atom. The van der Waals surface area contributed by atoms with Gasteiger partial charge in [-0.25, -0.2) is 4.39 Å². The first kappa shape index (κ1) is 50.6. The second kappa shape index (κ2) is 26.5. The van der Waals surface area contributed by atoms with Gasteiger partial charge in [0.05, 0.1) is 31.1 Å². The number of carbonyl (C=O) groups is 3. The molecule has 3 aliphatic rings. The van der Waals surface area contributed by atoms with Gasteiger partial charge in [0.25, 0.3) is 11.8 Å². The maximum atomic E-state index is 14.5. The summed E-state index contributed by atoms with van der Waals surface area (Å²) < 4.78 is 25.9. The fourth-order valence-electron chi connectivity index (χ4n) is 8.85. The van der Waals surface area contributed by atoms with Crippen molar-refractivity contribution in [1.82, 2.24) is 25.0 Å². The normalized spacial score (nSPS) is 17.5. The fraction of sp³-hybridized carbons (Fsp3) is 0.446. The van der Waals surface area contributed by atoms with E-state index >= 15 is 0 Å². The Bertz CT molecular complexity index is 2290. The van der Waals surface area contributed by atoms with Crippen LogP contribution in [0.5, 0.6) is 5.75 Å². The van der Waals surface area contributed by atoms with Gasteiger partial charge in [0.1, 0.15) is 11.6 Å².